The van der Waals surface area contributed by atoms with Crippen molar-refractivity contribution in [2.45, 2.75) is 19.8 Å². The zero-order chi connectivity index (χ0) is 13.1. The number of methoxy groups -OCH3 is 1. The predicted octanol–water partition coefficient (Wildman–Crippen LogP) is 3.51. The molecule has 0 saturated carbocycles. The van der Waals surface area contributed by atoms with E-state index in [1.807, 2.05) is 24.3 Å². The summed E-state index contributed by atoms with van der Waals surface area (Å²) in [6, 6.07) is 9.01. The Balaban J connectivity index is 2.60. The Morgan fingerprint density at radius 1 is 1.33 bits per heavy atom. The van der Waals surface area contributed by atoms with Crippen molar-refractivity contribution in [3.8, 4) is 5.75 Å². The third-order valence-corrected chi connectivity index (χ3v) is 2.99. The zero-order valence-electron chi connectivity index (χ0n) is 10.5. The fourth-order valence-corrected chi connectivity index (χ4v) is 2.14. The summed E-state index contributed by atoms with van der Waals surface area (Å²) in [5.41, 5.74) is 0.767. The van der Waals surface area contributed by atoms with Gasteiger partial charge in [-0.2, -0.15) is 0 Å². The number of carbonyl (C=O) groups excluding carboxylic acids is 1. The normalized spacial score (nSPS) is 10.6. The molecule has 2 nitrogen and oxygen atoms in total. The molecule has 18 heavy (non-hydrogen) atoms. The number of carbonyl (C=O) groups is 1. The van der Waals surface area contributed by atoms with Crippen LogP contribution < -0.4 is 4.74 Å². The molecule has 2 aromatic carbocycles. The highest BCUT2D eigenvalue weighted by Gasteiger charge is 2.14. The first-order valence-corrected chi connectivity index (χ1v) is 5.87. The Morgan fingerprint density at radius 2 is 2.06 bits per heavy atom. The molecule has 0 N–H and O–H groups in total. The summed E-state index contributed by atoms with van der Waals surface area (Å²) in [4.78, 5) is 11.1. The van der Waals surface area contributed by atoms with Gasteiger partial charge in [0.05, 0.1) is 7.11 Å². The minimum absolute atomic E-state index is 0.0883. The Morgan fingerprint density at radius 3 is 2.72 bits per heavy atom. The molecule has 3 heteroatoms. The highest BCUT2D eigenvalue weighted by Crippen LogP contribution is 2.32. The van der Waals surface area contributed by atoms with Gasteiger partial charge in [-0.3, -0.25) is 0 Å². The number of aryl methyl sites for hydroxylation is 1. The van der Waals surface area contributed by atoms with E-state index in [0.29, 0.717) is 12.8 Å². The SMILES string of the molecule is COc1c(F)cc2ccccc2c1CCC(C)=O. The number of hydrogen-bond donors (Lipinski definition) is 0. The number of ketones is 1. The van der Waals surface area contributed by atoms with E-state index in [1.165, 1.54) is 20.1 Å². The van der Waals surface area contributed by atoms with Crippen LogP contribution in [0.4, 0.5) is 4.39 Å². The van der Waals surface area contributed by atoms with E-state index in [0.717, 1.165) is 16.3 Å². The van der Waals surface area contributed by atoms with Crippen molar-refractivity contribution in [3.63, 3.8) is 0 Å². The van der Waals surface area contributed by atoms with Crippen molar-refractivity contribution < 1.29 is 13.9 Å². The van der Waals surface area contributed by atoms with E-state index in [2.05, 4.69) is 0 Å². The number of ether oxygens (including phenoxy) is 1. The van der Waals surface area contributed by atoms with Crippen LogP contribution in [0, 0.1) is 5.82 Å². The first-order valence-electron chi connectivity index (χ1n) is 5.87. The first-order chi connectivity index (χ1) is 8.63. The topological polar surface area (TPSA) is 26.3 Å². The van der Waals surface area contributed by atoms with Crippen LogP contribution in [0.2, 0.25) is 0 Å². The Hall–Kier alpha value is -1.90. The maximum Gasteiger partial charge on any atom is 0.165 e. The monoisotopic (exact) mass is 246 g/mol. The van der Waals surface area contributed by atoms with Gasteiger partial charge >= 0.3 is 0 Å². The Bertz CT molecular complexity index is 590. The number of benzene rings is 2. The van der Waals surface area contributed by atoms with Crippen LogP contribution in [0.15, 0.2) is 30.3 Å². The number of fused-ring (bicyclic) bond motifs is 1. The molecular formula is C15H15FO2. The summed E-state index contributed by atoms with van der Waals surface area (Å²) < 4.78 is 19.0. The summed E-state index contributed by atoms with van der Waals surface area (Å²) in [6.45, 7) is 1.54. The molecule has 0 aliphatic carbocycles. The molecule has 0 aromatic heterocycles. The molecular weight excluding hydrogens is 231 g/mol. The molecule has 0 aliphatic rings. The van der Waals surface area contributed by atoms with Crippen molar-refractivity contribution in [2.75, 3.05) is 7.11 Å². The average Bonchev–Trinajstić information content (AvgIpc) is 2.35. The van der Waals surface area contributed by atoms with Crippen molar-refractivity contribution in [1.29, 1.82) is 0 Å². The summed E-state index contributed by atoms with van der Waals surface area (Å²) in [5, 5.41) is 1.77. The van der Waals surface area contributed by atoms with E-state index in [9.17, 15) is 9.18 Å². The molecule has 0 unspecified atom stereocenters. The van der Waals surface area contributed by atoms with Crippen LogP contribution in [0.5, 0.6) is 5.75 Å². The molecule has 0 spiro atoms. The van der Waals surface area contributed by atoms with Gasteiger partial charge in [-0.1, -0.05) is 24.3 Å². The lowest BCUT2D eigenvalue weighted by molar-refractivity contribution is -0.116. The van der Waals surface area contributed by atoms with Gasteiger partial charge in [0.2, 0.25) is 0 Å². The number of hydrogen-bond acceptors (Lipinski definition) is 2. The van der Waals surface area contributed by atoms with Crippen LogP contribution in [0.3, 0.4) is 0 Å². The molecule has 0 radical (unpaired) electrons. The number of Topliss-reactive ketones (excluding diaryl/α,β-unsaturated/α-hetero) is 1. The van der Waals surface area contributed by atoms with E-state index in [1.54, 1.807) is 0 Å². The maximum atomic E-state index is 13.9. The lowest BCUT2D eigenvalue weighted by Crippen LogP contribution is -2.00. The second-order valence-electron chi connectivity index (χ2n) is 4.29. The molecule has 2 aromatic rings. The maximum absolute atomic E-state index is 13.9. The molecule has 0 heterocycles. The lowest BCUT2D eigenvalue weighted by atomic mass is 9.98. The standard InChI is InChI=1S/C15H15FO2/c1-10(17)7-8-13-12-6-4-3-5-11(12)9-14(16)15(13)18-2/h3-6,9H,7-8H2,1-2H3. The average molecular weight is 246 g/mol. The van der Waals surface area contributed by atoms with Gasteiger partial charge in [-0.15, -0.1) is 0 Å². The van der Waals surface area contributed by atoms with Crippen LogP contribution in [0.1, 0.15) is 18.9 Å². The van der Waals surface area contributed by atoms with Crippen molar-refractivity contribution >= 4 is 16.6 Å². The molecule has 2 rings (SSSR count). The third kappa shape index (κ3) is 2.35. The quantitative estimate of drug-likeness (QED) is 0.825. The molecule has 0 atom stereocenters. The summed E-state index contributed by atoms with van der Waals surface area (Å²) in [6.07, 6.45) is 0.889. The minimum atomic E-state index is -0.380. The van der Waals surface area contributed by atoms with Gasteiger partial charge in [0, 0.05) is 12.0 Å². The van der Waals surface area contributed by atoms with Gasteiger partial charge in [0.25, 0.3) is 0 Å². The predicted molar refractivity (Wildman–Crippen MR) is 69.5 cm³/mol. The second-order valence-corrected chi connectivity index (χ2v) is 4.29. The summed E-state index contributed by atoms with van der Waals surface area (Å²) >= 11 is 0. The number of halogens is 1. The summed E-state index contributed by atoms with van der Waals surface area (Å²) in [7, 11) is 1.45. The fraction of sp³-hybridized carbons (Fsp3) is 0.267. The number of rotatable bonds is 4. The van der Waals surface area contributed by atoms with Gasteiger partial charge < -0.3 is 9.53 Å². The highest BCUT2D eigenvalue weighted by molar-refractivity contribution is 5.88. The van der Waals surface area contributed by atoms with Gasteiger partial charge in [-0.05, 0) is 30.2 Å². The minimum Gasteiger partial charge on any atom is -0.493 e. The largest absolute Gasteiger partial charge is 0.493 e. The van der Waals surface area contributed by atoms with Crippen LogP contribution >= 0.6 is 0 Å². The van der Waals surface area contributed by atoms with E-state index in [-0.39, 0.29) is 17.3 Å². The Kier molecular flexibility index (Phi) is 3.60. The lowest BCUT2D eigenvalue weighted by Gasteiger charge is -2.12. The van der Waals surface area contributed by atoms with Crippen molar-refractivity contribution in [2.24, 2.45) is 0 Å². The smallest absolute Gasteiger partial charge is 0.165 e. The van der Waals surface area contributed by atoms with Gasteiger partial charge in [0.1, 0.15) is 5.78 Å². The fourth-order valence-electron chi connectivity index (χ4n) is 2.14. The molecule has 0 bridgehead atoms. The molecule has 0 fully saturated rings. The second kappa shape index (κ2) is 5.17. The molecule has 0 aliphatic heterocycles. The zero-order valence-corrected chi connectivity index (χ0v) is 10.5. The molecule has 94 valence electrons. The van der Waals surface area contributed by atoms with E-state index in [4.69, 9.17) is 4.74 Å². The third-order valence-electron chi connectivity index (χ3n) is 2.99. The van der Waals surface area contributed by atoms with Crippen LogP contribution in [-0.4, -0.2) is 12.9 Å². The van der Waals surface area contributed by atoms with Gasteiger partial charge in [-0.25, -0.2) is 4.39 Å². The molecule has 0 amide bonds. The van der Waals surface area contributed by atoms with Crippen LogP contribution in [0.25, 0.3) is 10.8 Å². The van der Waals surface area contributed by atoms with E-state index >= 15 is 0 Å². The first kappa shape index (κ1) is 12.6. The van der Waals surface area contributed by atoms with Gasteiger partial charge in [0.15, 0.2) is 11.6 Å². The summed E-state index contributed by atoms with van der Waals surface area (Å²) in [5.74, 6) is -0.0462. The highest BCUT2D eigenvalue weighted by atomic mass is 19.1. The van der Waals surface area contributed by atoms with Crippen molar-refractivity contribution in [1.82, 2.24) is 0 Å². The molecule has 0 saturated heterocycles. The Labute approximate surface area is 105 Å². The van der Waals surface area contributed by atoms with E-state index < -0.39 is 0 Å². The van der Waals surface area contributed by atoms with Crippen molar-refractivity contribution in [3.05, 3.63) is 41.7 Å². The van der Waals surface area contributed by atoms with Crippen LogP contribution in [-0.2, 0) is 11.2 Å².